The Morgan fingerprint density at radius 3 is 2.08 bits per heavy atom. The van der Waals surface area contributed by atoms with Crippen LogP contribution in [-0.4, -0.2) is 11.9 Å². The Morgan fingerprint density at radius 2 is 1.85 bits per heavy atom. The van der Waals surface area contributed by atoms with Gasteiger partial charge in [-0.3, -0.25) is 4.79 Å². The minimum absolute atomic E-state index is 0.126. The van der Waals surface area contributed by atoms with Gasteiger partial charge in [0, 0.05) is 11.8 Å². The van der Waals surface area contributed by atoms with E-state index in [1.165, 1.54) is 0 Å². The molecule has 0 aromatic heterocycles. The number of hydrogen-bond acceptors (Lipinski definition) is 1. The van der Waals surface area contributed by atoms with Crippen molar-refractivity contribution < 1.29 is 4.79 Å². The molecule has 0 aromatic carbocycles. The fourth-order valence-electron chi connectivity index (χ4n) is 1.68. The number of carbonyl (C=O) groups is 1. The molecule has 2 heteroatoms. The Hall–Kier alpha value is 0.100. The second-order valence-electron chi connectivity index (χ2n) is 4.71. The summed E-state index contributed by atoms with van der Waals surface area (Å²) in [6.45, 7) is 10.4. The lowest BCUT2D eigenvalue weighted by atomic mass is 9.74. The van der Waals surface area contributed by atoms with E-state index >= 15 is 0 Å². The van der Waals surface area contributed by atoms with Gasteiger partial charge in [-0.05, 0) is 18.0 Å². The van der Waals surface area contributed by atoms with Crippen LogP contribution in [-0.2, 0) is 4.79 Å². The van der Waals surface area contributed by atoms with E-state index in [4.69, 9.17) is 0 Å². The summed E-state index contributed by atoms with van der Waals surface area (Å²) in [4.78, 5) is 11.9. The molecular weight excluding hydrogens is 179 g/mol. The molecule has 0 heterocycles. The molecule has 0 N–H and O–H groups in total. The summed E-state index contributed by atoms with van der Waals surface area (Å²) in [7, 11) is 2.75. The zero-order valence-corrected chi connectivity index (χ0v) is 10.7. The maximum Gasteiger partial charge on any atom is 0.139 e. The van der Waals surface area contributed by atoms with Gasteiger partial charge in [0.15, 0.2) is 0 Å². The predicted molar refractivity (Wildman–Crippen MR) is 62.0 cm³/mol. The monoisotopic (exact) mass is 202 g/mol. The molecule has 2 unspecified atom stereocenters. The fraction of sp³-hybridized carbons (Fsp3) is 0.909. The van der Waals surface area contributed by atoms with Crippen molar-refractivity contribution in [3.8, 4) is 0 Å². The lowest BCUT2D eigenvalue weighted by molar-refractivity contribution is -0.129. The largest absolute Gasteiger partial charge is 0.299 e. The molecule has 0 aliphatic rings. The van der Waals surface area contributed by atoms with Gasteiger partial charge in [-0.25, -0.2) is 0 Å². The highest BCUT2D eigenvalue weighted by atomic mass is 31.0. The first-order chi connectivity index (χ1) is 5.86. The summed E-state index contributed by atoms with van der Waals surface area (Å²) in [6, 6.07) is 0. The average Bonchev–Trinajstić information content (AvgIpc) is 2.05. The fourth-order valence-corrected chi connectivity index (χ4v) is 1.97. The number of carbonyl (C=O) groups excluding carboxylic acids is 1. The highest BCUT2D eigenvalue weighted by Crippen LogP contribution is 2.33. The zero-order valence-electron chi connectivity index (χ0n) is 9.55. The van der Waals surface area contributed by atoms with Gasteiger partial charge in [-0.15, -0.1) is 9.24 Å². The first-order valence-corrected chi connectivity index (χ1v) is 5.92. The zero-order chi connectivity index (χ0) is 10.6. The van der Waals surface area contributed by atoms with Crippen LogP contribution >= 0.6 is 9.24 Å². The van der Waals surface area contributed by atoms with Crippen molar-refractivity contribution in [3.05, 3.63) is 0 Å². The van der Waals surface area contributed by atoms with Gasteiger partial charge in [-0.1, -0.05) is 34.6 Å². The van der Waals surface area contributed by atoms with E-state index in [0.717, 1.165) is 12.6 Å². The predicted octanol–water partition coefficient (Wildman–Crippen LogP) is 3.14. The average molecular weight is 202 g/mol. The van der Waals surface area contributed by atoms with Gasteiger partial charge in [0.2, 0.25) is 0 Å². The molecule has 78 valence electrons. The van der Waals surface area contributed by atoms with Crippen molar-refractivity contribution in [2.75, 3.05) is 6.16 Å². The Balaban J connectivity index is 4.60. The van der Waals surface area contributed by atoms with Crippen LogP contribution in [0.2, 0.25) is 0 Å². The smallest absolute Gasteiger partial charge is 0.139 e. The van der Waals surface area contributed by atoms with E-state index in [9.17, 15) is 4.79 Å². The lowest BCUT2D eigenvalue weighted by Crippen LogP contribution is -2.34. The van der Waals surface area contributed by atoms with Crippen molar-refractivity contribution in [1.82, 2.24) is 0 Å². The Morgan fingerprint density at radius 1 is 1.38 bits per heavy atom. The maximum atomic E-state index is 11.9. The summed E-state index contributed by atoms with van der Waals surface area (Å²) in [5.74, 6) is 0.792. The van der Waals surface area contributed by atoms with E-state index in [2.05, 4.69) is 30.0 Å². The van der Waals surface area contributed by atoms with Gasteiger partial charge >= 0.3 is 0 Å². The van der Waals surface area contributed by atoms with E-state index in [0.29, 0.717) is 5.78 Å². The minimum atomic E-state index is 0.126. The number of rotatable bonds is 5. The Kier molecular flexibility index (Phi) is 5.14. The molecule has 0 spiro atoms. The van der Waals surface area contributed by atoms with Gasteiger partial charge < -0.3 is 0 Å². The van der Waals surface area contributed by atoms with Crippen LogP contribution < -0.4 is 0 Å². The SMILES string of the molecule is CCC(C(=O)C(C)C)C(C)(C)CP. The number of hydrogen-bond donors (Lipinski definition) is 0. The topological polar surface area (TPSA) is 17.1 Å². The van der Waals surface area contributed by atoms with Crippen molar-refractivity contribution in [3.63, 3.8) is 0 Å². The Labute approximate surface area is 84.9 Å². The molecule has 0 fully saturated rings. The summed E-state index contributed by atoms with van der Waals surface area (Å²) >= 11 is 0. The molecule has 0 aliphatic carbocycles. The van der Waals surface area contributed by atoms with Crippen LogP contribution in [0, 0.1) is 17.3 Å². The number of ketones is 1. The highest BCUT2D eigenvalue weighted by Gasteiger charge is 2.32. The third-order valence-electron chi connectivity index (χ3n) is 2.79. The van der Waals surface area contributed by atoms with Gasteiger partial charge in [0.1, 0.15) is 5.78 Å². The van der Waals surface area contributed by atoms with Crippen molar-refractivity contribution in [2.24, 2.45) is 17.3 Å². The van der Waals surface area contributed by atoms with Crippen LogP contribution in [0.1, 0.15) is 41.0 Å². The van der Waals surface area contributed by atoms with Crippen molar-refractivity contribution in [1.29, 1.82) is 0 Å². The molecule has 0 amide bonds. The molecule has 0 aromatic rings. The maximum absolute atomic E-state index is 11.9. The molecule has 2 atom stereocenters. The van der Waals surface area contributed by atoms with E-state index in [1.54, 1.807) is 0 Å². The minimum Gasteiger partial charge on any atom is -0.299 e. The molecule has 0 aliphatic heterocycles. The van der Waals surface area contributed by atoms with Crippen LogP contribution in [0.15, 0.2) is 0 Å². The second-order valence-corrected chi connectivity index (χ2v) is 5.12. The Bertz CT molecular complexity index is 173. The summed E-state index contributed by atoms with van der Waals surface area (Å²) in [6.07, 6.45) is 1.95. The van der Waals surface area contributed by atoms with Crippen LogP contribution in [0.25, 0.3) is 0 Å². The molecular formula is C11H23OP. The molecule has 13 heavy (non-hydrogen) atoms. The molecule has 0 saturated carbocycles. The third-order valence-corrected chi connectivity index (χ3v) is 3.84. The standard InChI is InChI=1S/C11H23OP/c1-6-9(10(12)8(2)3)11(4,5)7-13/h8-9H,6-7,13H2,1-5H3. The molecule has 0 bridgehead atoms. The van der Waals surface area contributed by atoms with Crippen molar-refractivity contribution in [2.45, 2.75) is 41.0 Å². The first kappa shape index (κ1) is 13.1. The lowest BCUT2D eigenvalue weighted by Gasteiger charge is -2.32. The molecule has 0 saturated heterocycles. The van der Waals surface area contributed by atoms with Crippen molar-refractivity contribution >= 4 is 15.0 Å². The van der Waals surface area contributed by atoms with Crippen LogP contribution in [0.5, 0.6) is 0 Å². The first-order valence-electron chi connectivity index (χ1n) is 5.10. The van der Waals surface area contributed by atoms with Crippen LogP contribution in [0.4, 0.5) is 0 Å². The quantitative estimate of drug-likeness (QED) is 0.626. The number of Topliss-reactive ketones (excluding diaryl/α,β-unsaturated/α-hetero) is 1. The van der Waals surface area contributed by atoms with E-state index < -0.39 is 0 Å². The second kappa shape index (κ2) is 5.10. The summed E-state index contributed by atoms with van der Waals surface area (Å²) in [5.41, 5.74) is 0.126. The molecule has 0 radical (unpaired) electrons. The van der Waals surface area contributed by atoms with E-state index in [1.807, 2.05) is 13.8 Å². The summed E-state index contributed by atoms with van der Waals surface area (Å²) < 4.78 is 0. The van der Waals surface area contributed by atoms with Crippen LogP contribution in [0.3, 0.4) is 0 Å². The molecule has 1 nitrogen and oxygen atoms in total. The third kappa shape index (κ3) is 3.38. The van der Waals surface area contributed by atoms with Gasteiger partial charge in [0.05, 0.1) is 0 Å². The van der Waals surface area contributed by atoms with Gasteiger partial charge in [0.25, 0.3) is 0 Å². The summed E-state index contributed by atoms with van der Waals surface area (Å²) in [5, 5.41) is 0. The highest BCUT2D eigenvalue weighted by molar-refractivity contribution is 7.16. The van der Waals surface area contributed by atoms with Gasteiger partial charge in [-0.2, -0.15) is 0 Å². The normalized spacial score (nSPS) is 14.7. The molecule has 0 rings (SSSR count). The van der Waals surface area contributed by atoms with E-state index in [-0.39, 0.29) is 17.3 Å².